The molecular formula is C21H25N5S2. The first kappa shape index (κ1) is 19.1. The van der Waals surface area contributed by atoms with E-state index in [1.807, 2.05) is 13.1 Å². The van der Waals surface area contributed by atoms with Crippen molar-refractivity contribution < 1.29 is 0 Å². The van der Waals surface area contributed by atoms with E-state index in [0.717, 1.165) is 50.6 Å². The van der Waals surface area contributed by atoms with Gasteiger partial charge in [0.2, 0.25) is 0 Å². The summed E-state index contributed by atoms with van der Waals surface area (Å²) in [5.74, 6) is 1.15. The average Bonchev–Trinajstić information content (AvgIpc) is 3.17. The molecule has 0 radical (unpaired) electrons. The van der Waals surface area contributed by atoms with Crippen LogP contribution < -0.4 is 15.5 Å². The topological polar surface area (TPSA) is 43.4 Å². The molecule has 2 heterocycles. The molecule has 3 aromatic rings. The van der Waals surface area contributed by atoms with Gasteiger partial charge in [-0.2, -0.15) is 4.37 Å². The molecule has 0 saturated carbocycles. The second-order valence-corrected chi connectivity index (χ2v) is 8.20. The SMILES string of the molecule is CNC(=S)Nc1cccc(CCN2CCN(c3nsc4ccccc34)CC2)c1. The normalized spacial score (nSPS) is 15.0. The molecule has 1 aromatic heterocycles. The van der Waals surface area contributed by atoms with Crippen LogP contribution in [0.1, 0.15) is 5.56 Å². The van der Waals surface area contributed by atoms with Gasteiger partial charge in [0.15, 0.2) is 5.11 Å². The number of fused-ring (bicyclic) bond motifs is 1. The Morgan fingerprint density at radius 2 is 1.93 bits per heavy atom. The lowest BCUT2D eigenvalue weighted by Crippen LogP contribution is -2.47. The van der Waals surface area contributed by atoms with Crippen molar-refractivity contribution in [3.05, 3.63) is 54.1 Å². The fourth-order valence-electron chi connectivity index (χ4n) is 3.57. The third-order valence-electron chi connectivity index (χ3n) is 5.16. The Bertz CT molecular complexity index is 947. The summed E-state index contributed by atoms with van der Waals surface area (Å²) in [5, 5.41) is 8.07. The molecule has 0 spiro atoms. The van der Waals surface area contributed by atoms with E-state index < -0.39 is 0 Å². The molecule has 0 bridgehead atoms. The van der Waals surface area contributed by atoms with Crippen LogP contribution in [0.25, 0.3) is 10.1 Å². The highest BCUT2D eigenvalue weighted by molar-refractivity contribution is 7.80. The van der Waals surface area contributed by atoms with Crippen LogP contribution in [0.3, 0.4) is 0 Å². The van der Waals surface area contributed by atoms with Crippen LogP contribution in [0.2, 0.25) is 0 Å². The van der Waals surface area contributed by atoms with E-state index in [2.05, 4.69) is 62.9 Å². The Hall–Kier alpha value is -2.22. The van der Waals surface area contributed by atoms with E-state index in [0.29, 0.717) is 5.11 Å². The van der Waals surface area contributed by atoms with Crippen LogP contribution >= 0.6 is 23.8 Å². The molecule has 7 heteroatoms. The van der Waals surface area contributed by atoms with Crippen LogP contribution in [0.15, 0.2) is 48.5 Å². The van der Waals surface area contributed by atoms with Gasteiger partial charge < -0.3 is 15.5 Å². The maximum absolute atomic E-state index is 5.18. The number of piperazine rings is 1. The molecule has 0 aliphatic carbocycles. The zero-order chi connectivity index (χ0) is 19.3. The van der Waals surface area contributed by atoms with E-state index in [1.165, 1.54) is 15.6 Å². The molecule has 1 saturated heterocycles. The van der Waals surface area contributed by atoms with Crippen molar-refractivity contribution in [2.24, 2.45) is 0 Å². The molecule has 1 fully saturated rings. The summed E-state index contributed by atoms with van der Waals surface area (Å²) < 4.78 is 5.97. The third kappa shape index (κ3) is 4.43. The molecular weight excluding hydrogens is 386 g/mol. The number of benzene rings is 2. The Kier molecular flexibility index (Phi) is 6.04. The van der Waals surface area contributed by atoms with Crippen molar-refractivity contribution in [3.8, 4) is 0 Å². The quantitative estimate of drug-likeness (QED) is 0.626. The van der Waals surface area contributed by atoms with E-state index in [4.69, 9.17) is 16.6 Å². The lowest BCUT2D eigenvalue weighted by atomic mass is 10.1. The van der Waals surface area contributed by atoms with Gasteiger partial charge in [0.1, 0.15) is 5.82 Å². The van der Waals surface area contributed by atoms with Crippen molar-refractivity contribution in [2.75, 3.05) is 50.0 Å². The molecule has 146 valence electrons. The number of nitrogens with zero attached hydrogens (tertiary/aromatic N) is 3. The number of nitrogens with one attached hydrogen (secondary N) is 2. The minimum absolute atomic E-state index is 0.642. The van der Waals surface area contributed by atoms with Crippen molar-refractivity contribution in [3.63, 3.8) is 0 Å². The maximum atomic E-state index is 5.18. The molecule has 1 aliphatic heterocycles. The van der Waals surface area contributed by atoms with Crippen molar-refractivity contribution in [1.82, 2.24) is 14.6 Å². The second-order valence-electron chi connectivity index (χ2n) is 6.99. The monoisotopic (exact) mass is 411 g/mol. The fraction of sp³-hybridized carbons (Fsp3) is 0.333. The lowest BCUT2D eigenvalue weighted by Gasteiger charge is -2.35. The van der Waals surface area contributed by atoms with Gasteiger partial charge >= 0.3 is 0 Å². The third-order valence-corrected chi connectivity index (χ3v) is 6.28. The van der Waals surface area contributed by atoms with Gasteiger partial charge in [-0.1, -0.05) is 24.3 Å². The molecule has 2 N–H and O–H groups in total. The van der Waals surface area contributed by atoms with Crippen LogP contribution in [0, 0.1) is 0 Å². The Labute approximate surface area is 175 Å². The zero-order valence-electron chi connectivity index (χ0n) is 16.0. The van der Waals surface area contributed by atoms with Gasteiger partial charge in [-0.25, -0.2) is 0 Å². The Morgan fingerprint density at radius 1 is 1.11 bits per heavy atom. The minimum Gasteiger partial charge on any atom is -0.366 e. The first-order chi connectivity index (χ1) is 13.7. The lowest BCUT2D eigenvalue weighted by molar-refractivity contribution is 0.261. The van der Waals surface area contributed by atoms with Gasteiger partial charge in [0.05, 0.1) is 4.70 Å². The van der Waals surface area contributed by atoms with Gasteiger partial charge in [-0.3, -0.25) is 4.90 Å². The predicted molar refractivity (Wildman–Crippen MR) is 124 cm³/mol. The fourth-order valence-corrected chi connectivity index (χ4v) is 4.48. The Balaban J connectivity index is 1.30. The number of aromatic nitrogens is 1. The smallest absolute Gasteiger partial charge is 0.170 e. The molecule has 4 rings (SSSR count). The van der Waals surface area contributed by atoms with E-state index in [-0.39, 0.29) is 0 Å². The second kappa shape index (κ2) is 8.86. The standard InChI is InChI=1S/C21H25N5S2/c1-22-21(27)23-17-6-4-5-16(15-17)9-10-25-11-13-26(14-12-25)20-18-7-2-3-8-19(18)28-24-20/h2-8,15H,9-14H2,1H3,(H2,22,23,27). The van der Waals surface area contributed by atoms with Crippen molar-refractivity contribution in [2.45, 2.75) is 6.42 Å². The summed E-state index contributed by atoms with van der Waals surface area (Å²) in [5.41, 5.74) is 2.37. The summed E-state index contributed by atoms with van der Waals surface area (Å²) in [6.45, 7) is 5.30. The van der Waals surface area contributed by atoms with Crippen molar-refractivity contribution >= 4 is 50.5 Å². The van der Waals surface area contributed by atoms with Crippen LogP contribution in [0.4, 0.5) is 11.5 Å². The number of anilines is 2. The van der Waals surface area contributed by atoms with Crippen LogP contribution in [-0.4, -0.2) is 54.2 Å². The van der Waals surface area contributed by atoms with E-state index >= 15 is 0 Å². The molecule has 28 heavy (non-hydrogen) atoms. The number of rotatable bonds is 5. The first-order valence-electron chi connectivity index (χ1n) is 9.62. The largest absolute Gasteiger partial charge is 0.366 e. The average molecular weight is 412 g/mol. The van der Waals surface area contributed by atoms with Gasteiger partial charge in [0, 0.05) is 50.8 Å². The molecule has 2 aromatic carbocycles. The number of hydrogen-bond acceptors (Lipinski definition) is 5. The minimum atomic E-state index is 0.642. The summed E-state index contributed by atoms with van der Waals surface area (Å²) in [7, 11) is 1.83. The van der Waals surface area contributed by atoms with E-state index in [1.54, 1.807) is 11.5 Å². The van der Waals surface area contributed by atoms with Crippen LogP contribution in [-0.2, 0) is 6.42 Å². The first-order valence-corrected chi connectivity index (χ1v) is 10.8. The highest BCUT2D eigenvalue weighted by Gasteiger charge is 2.20. The zero-order valence-corrected chi connectivity index (χ0v) is 17.7. The highest BCUT2D eigenvalue weighted by atomic mass is 32.1. The summed E-state index contributed by atoms with van der Waals surface area (Å²) in [4.78, 5) is 4.97. The highest BCUT2D eigenvalue weighted by Crippen LogP contribution is 2.29. The van der Waals surface area contributed by atoms with Gasteiger partial charge in [0.25, 0.3) is 0 Å². The number of thiocarbonyl (C=S) groups is 1. The Morgan fingerprint density at radius 3 is 2.75 bits per heavy atom. The summed E-state index contributed by atoms with van der Waals surface area (Å²) >= 11 is 6.78. The molecule has 0 unspecified atom stereocenters. The molecule has 5 nitrogen and oxygen atoms in total. The van der Waals surface area contributed by atoms with Gasteiger partial charge in [-0.05, 0) is 60.0 Å². The predicted octanol–water partition coefficient (Wildman–Crippen LogP) is 3.58. The van der Waals surface area contributed by atoms with Crippen LogP contribution in [0.5, 0.6) is 0 Å². The molecule has 1 aliphatic rings. The summed E-state index contributed by atoms with van der Waals surface area (Å²) in [6, 6.07) is 17.0. The maximum Gasteiger partial charge on any atom is 0.170 e. The molecule has 0 atom stereocenters. The van der Waals surface area contributed by atoms with Crippen molar-refractivity contribution in [1.29, 1.82) is 0 Å². The van der Waals surface area contributed by atoms with E-state index in [9.17, 15) is 0 Å². The van der Waals surface area contributed by atoms with Gasteiger partial charge in [-0.15, -0.1) is 0 Å². The summed E-state index contributed by atoms with van der Waals surface area (Å²) in [6.07, 6.45) is 1.04. The number of hydrogen-bond donors (Lipinski definition) is 2. The molecule has 0 amide bonds.